The van der Waals surface area contributed by atoms with Crippen LogP contribution in [0.3, 0.4) is 0 Å². The van der Waals surface area contributed by atoms with Gasteiger partial charge in [-0.1, -0.05) is 299 Å². The first-order valence-corrected chi connectivity index (χ1v) is 39.4. The number of phosphoric ester groups is 2. The number of unbranched alkanes of at least 4 members (excludes halogenated alkanes) is 35. The van der Waals surface area contributed by atoms with Gasteiger partial charge in [0.15, 0.2) is 12.2 Å². The van der Waals surface area contributed by atoms with Crippen LogP contribution >= 0.6 is 15.6 Å². The summed E-state index contributed by atoms with van der Waals surface area (Å²) in [6, 6.07) is 0. The third kappa shape index (κ3) is 63.2. The van der Waals surface area contributed by atoms with Crippen LogP contribution in [0.5, 0.6) is 0 Å². The minimum atomic E-state index is -4.95. The molecule has 0 saturated heterocycles. The number of aliphatic hydroxyl groups is 1. The molecule has 0 aliphatic rings. The van der Waals surface area contributed by atoms with Gasteiger partial charge in [0.1, 0.15) is 19.3 Å². The zero-order valence-electron chi connectivity index (χ0n) is 57.9. The fourth-order valence-corrected chi connectivity index (χ4v) is 12.1. The van der Waals surface area contributed by atoms with Crippen LogP contribution in [-0.4, -0.2) is 96.7 Å². The molecule has 0 spiro atoms. The standard InChI is InChI=1S/C70H136O17P2/c1-8-10-11-12-13-14-15-16-17-18-22-25-28-37-44-51-67(72)80-57-65(86-69(74)53-46-39-29-26-23-20-19-21-24-27-34-41-48-61(3)4)59-84-88(76,77)82-55-64(71)56-83-89(78,79)85-60-66(58-81-68(73)52-45-38-32-30-35-42-49-62(5)6)87-70(75)54-47-40-33-31-36-43-50-63(7)9-2/h61-66,71H,8-60H2,1-7H3,(H,76,77)(H,78,79)/t63?,64-,65-,66-/m1/s1. The van der Waals surface area contributed by atoms with Crippen molar-refractivity contribution in [2.75, 3.05) is 39.6 Å². The van der Waals surface area contributed by atoms with Crippen LogP contribution in [0, 0.1) is 17.8 Å². The molecule has 0 radical (unpaired) electrons. The molecule has 0 heterocycles. The van der Waals surface area contributed by atoms with Crippen LogP contribution in [-0.2, 0) is 65.4 Å². The molecule has 0 aromatic carbocycles. The van der Waals surface area contributed by atoms with E-state index in [1.807, 2.05) is 0 Å². The molecule has 0 aliphatic carbocycles. The summed E-state index contributed by atoms with van der Waals surface area (Å²) in [5.41, 5.74) is 0. The molecule has 0 bridgehead atoms. The van der Waals surface area contributed by atoms with Gasteiger partial charge in [0.05, 0.1) is 26.4 Å². The van der Waals surface area contributed by atoms with E-state index in [9.17, 15) is 43.2 Å². The minimum Gasteiger partial charge on any atom is -0.462 e. The Morgan fingerprint density at radius 2 is 0.573 bits per heavy atom. The fraction of sp³-hybridized carbons (Fsp3) is 0.943. The molecule has 0 rings (SSSR count). The topological polar surface area (TPSA) is 237 Å². The quantitative estimate of drug-likeness (QED) is 0.0222. The number of carbonyl (C=O) groups is 4. The molecule has 3 N–H and O–H groups in total. The molecule has 0 fully saturated rings. The number of hydrogen-bond donors (Lipinski definition) is 3. The van der Waals surface area contributed by atoms with E-state index in [0.717, 1.165) is 108 Å². The number of aliphatic hydroxyl groups excluding tert-OH is 1. The number of esters is 4. The molecule has 17 nitrogen and oxygen atoms in total. The highest BCUT2D eigenvalue weighted by Gasteiger charge is 2.30. The van der Waals surface area contributed by atoms with Crippen molar-refractivity contribution in [3.8, 4) is 0 Å². The number of phosphoric acid groups is 2. The molecule has 0 aromatic rings. The van der Waals surface area contributed by atoms with Crippen molar-refractivity contribution < 1.29 is 80.2 Å². The number of rotatable bonds is 68. The Balaban J connectivity index is 5.24. The highest BCUT2D eigenvalue weighted by molar-refractivity contribution is 7.47. The number of carbonyl (C=O) groups excluding carboxylic acids is 4. The van der Waals surface area contributed by atoms with Crippen molar-refractivity contribution >= 4 is 39.5 Å². The van der Waals surface area contributed by atoms with Crippen LogP contribution in [0.1, 0.15) is 350 Å². The fourth-order valence-electron chi connectivity index (χ4n) is 10.5. The Hall–Kier alpha value is -1.94. The molecule has 0 aliphatic heterocycles. The van der Waals surface area contributed by atoms with Crippen LogP contribution in [0.15, 0.2) is 0 Å². The molecule has 3 unspecified atom stereocenters. The Bertz CT molecular complexity index is 1750. The Morgan fingerprint density at radius 1 is 0.326 bits per heavy atom. The highest BCUT2D eigenvalue weighted by Crippen LogP contribution is 2.45. The maximum absolute atomic E-state index is 13.0. The maximum Gasteiger partial charge on any atom is 0.472 e. The van der Waals surface area contributed by atoms with Crippen molar-refractivity contribution in [3.63, 3.8) is 0 Å². The monoisotopic (exact) mass is 1310 g/mol. The van der Waals surface area contributed by atoms with Crippen molar-refractivity contribution in [1.82, 2.24) is 0 Å². The first-order chi connectivity index (χ1) is 42.8. The van der Waals surface area contributed by atoms with Gasteiger partial charge in [-0.05, 0) is 43.4 Å². The summed E-state index contributed by atoms with van der Waals surface area (Å²) in [6.07, 6.45) is 44.6. The van der Waals surface area contributed by atoms with E-state index in [2.05, 4.69) is 48.5 Å². The largest absolute Gasteiger partial charge is 0.472 e. The summed E-state index contributed by atoms with van der Waals surface area (Å²) < 4.78 is 68.2. The Kier molecular flexibility index (Phi) is 59.6. The predicted octanol–water partition coefficient (Wildman–Crippen LogP) is 19.8. The molecular formula is C70H136O17P2. The zero-order chi connectivity index (χ0) is 65.9. The molecule has 19 heteroatoms. The molecule has 6 atom stereocenters. The van der Waals surface area contributed by atoms with Gasteiger partial charge in [-0.3, -0.25) is 37.3 Å². The lowest BCUT2D eigenvalue weighted by molar-refractivity contribution is -0.161. The molecule has 0 saturated carbocycles. The smallest absolute Gasteiger partial charge is 0.462 e. The summed E-state index contributed by atoms with van der Waals surface area (Å²) in [4.78, 5) is 72.5. The van der Waals surface area contributed by atoms with E-state index < -0.39 is 97.5 Å². The molecular weight excluding hydrogens is 1170 g/mol. The van der Waals surface area contributed by atoms with Crippen LogP contribution < -0.4 is 0 Å². The van der Waals surface area contributed by atoms with Crippen LogP contribution in [0.2, 0.25) is 0 Å². The maximum atomic E-state index is 13.0. The summed E-state index contributed by atoms with van der Waals surface area (Å²) in [6.45, 7) is 11.7. The van der Waals surface area contributed by atoms with Gasteiger partial charge in [-0.2, -0.15) is 0 Å². The normalized spacial score (nSPS) is 14.5. The lowest BCUT2D eigenvalue weighted by Crippen LogP contribution is -2.30. The predicted molar refractivity (Wildman–Crippen MR) is 358 cm³/mol. The lowest BCUT2D eigenvalue weighted by atomic mass is 10.00. The third-order valence-corrected chi connectivity index (χ3v) is 18.4. The second kappa shape index (κ2) is 61.0. The van der Waals surface area contributed by atoms with Gasteiger partial charge in [0, 0.05) is 25.7 Å². The van der Waals surface area contributed by atoms with Gasteiger partial charge in [0.25, 0.3) is 0 Å². The van der Waals surface area contributed by atoms with Crippen molar-refractivity contribution in [3.05, 3.63) is 0 Å². The van der Waals surface area contributed by atoms with Gasteiger partial charge < -0.3 is 33.8 Å². The molecule has 528 valence electrons. The average molecular weight is 1310 g/mol. The second-order valence-corrected chi connectivity index (χ2v) is 29.4. The molecule has 89 heavy (non-hydrogen) atoms. The van der Waals surface area contributed by atoms with Crippen molar-refractivity contribution in [2.45, 2.75) is 369 Å². The lowest BCUT2D eigenvalue weighted by Gasteiger charge is -2.21. The first kappa shape index (κ1) is 87.1. The third-order valence-electron chi connectivity index (χ3n) is 16.5. The van der Waals surface area contributed by atoms with E-state index >= 15 is 0 Å². The van der Waals surface area contributed by atoms with Crippen molar-refractivity contribution in [2.24, 2.45) is 17.8 Å². The first-order valence-electron chi connectivity index (χ1n) is 36.4. The van der Waals surface area contributed by atoms with Crippen LogP contribution in [0.4, 0.5) is 0 Å². The summed E-state index contributed by atoms with van der Waals surface area (Å²) in [5.74, 6) is 0.0460. The molecule has 0 aromatic heterocycles. The van der Waals surface area contributed by atoms with Crippen LogP contribution in [0.25, 0.3) is 0 Å². The SMILES string of the molecule is CCCCCCCCCCCCCCCCCC(=O)OC[C@H](COP(=O)(O)OC[C@@H](O)COP(=O)(O)OC[C@@H](COC(=O)CCCCCCCCC(C)C)OC(=O)CCCCCCCCC(C)CC)OC(=O)CCCCCCCCCCCCCCC(C)C. The Morgan fingerprint density at radius 3 is 0.854 bits per heavy atom. The zero-order valence-corrected chi connectivity index (χ0v) is 59.7. The average Bonchev–Trinajstić information content (AvgIpc) is 3.61. The summed E-state index contributed by atoms with van der Waals surface area (Å²) in [5, 5.41) is 10.6. The van der Waals surface area contributed by atoms with E-state index in [1.54, 1.807) is 0 Å². The van der Waals surface area contributed by atoms with E-state index in [4.69, 9.17) is 37.0 Å². The number of ether oxygens (including phenoxy) is 4. The second-order valence-electron chi connectivity index (χ2n) is 26.5. The van der Waals surface area contributed by atoms with E-state index in [1.165, 1.54) is 154 Å². The van der Waals surface area contributed by atoms with Gasteiger partial charge in [-0.15, -0.1) is 0 Å². The van der Waals surface area contributed by atoms with Gasteiger partial charge >= 0.3 is 39.5 Å². The summed E-state index contributed by atoms with van der Waals surface area (Å²) in [7, 11) is -9.90. The van der Waals surface area contributed by atoms with Gasteiger partial charge in [-0.25, -0.2) is 9.13 Å². The highest BCUT2D eigenvalue weighted by atomic mass is 31.2. The number of hydrogen-bond acceptors (Lipinski definition) is 15. The Labute approximate surface area is 543 Å². The minimum absolute atomic E-state index is 0.102. The molecule has 0 amide bonds. The van der Waals surface area contributed by atoms with Gasteiger partial charge in [0.2, 0.25) is 0 Å². The van der Waals surface area contributed by atoms with E-state index in [-0.39, 0.29) is 25.7 Å². The van der Waals surface area contributed by atoms with E-state index in [0.29, 0.717) is 31.6 Å². The van der Waals surface area contributed by atoms with Crippen molar-refractivity contribution in [1.29, 1.82) is 0 Å². The summed E-state index contributed by atoms with van der Waals surface area (Å²) >= 11 is 0.